The summed E-state index contributed by atoms with van der Waals surface area (Å²) < 4.78 is 5.78. The van der Waals surface area contributed by atoms with Crippen molar-refractivity contribution in [1.29, 1.82) is 0 Å². The second-order valence-corrected chi connectivity index (χ2v) is 5.81. The van der Waals surface area contributed by atoms with Gasteiger partial charge in [0.1, 0.15) is 11.8 Å². The Hall–Kier alpha value is -2.34. The Balaban J connectivity index is 2.04. The smallest absolute Gasteiger partial charge is 0.277 e. The second-order valence-electron chi connectivity index (χ2n) is 5.40. The lowest BCUT2D eigenvalue weighted by molar-refractivity contribution is 0.0956. The van der Waals surface area contributed by atoms with Crippen LogP contribution >= 0.6 is 11.6 Å². The van der Waals surface area contributed by atoms with Gasteiger partial charge in [0, 0.05) is 12.7 Å². The van der Waals surface area contributed by atoms with Crippen molar-refractivity contribution in [2.75, 3.05) is 23.8 Å². The van der Waals surface area contributed by atoms with Gasteiger partial charge in [-0.05, 0) is 32.0 Å². The minimum atomic E-state index is -0.203. The van der Waals surface area contributed by atoms with Crippen molar-refractivity contribution < 1.29 is 9.53 Å². The highest BCUT2D eigenvalue weighted by Crippen LogP contribution is 2.39. The van der Waals surface area contributed by atoms with Crippen LogP contribution in [-0.2, 0) is 0 Å². The number of halogens is 1. The van der Waals surface area contributed by atoms with E-state index in [9.17, 15) is 4.79 Å². The van der Waals surface area contributed by atoms with E-state index in [1.165, 1.54) is 0 Å². The number of ether oxygens (including phenoxy) is 1. The van der Waals surface area contributed by atoms with Crippen molar-refractivity contribution in [3.63, 3.8) is 0 Å². The van der Waals surface area contributed by atoms with Crippen molar-refractivity contribution in [3.8, 4) is 5.75 Å². The average molecular weight is 333 g/mol. The van der Waals surface area contributed by atoms with Gasteiger partial charge in [-0.2, -0.15) is 0 Å². The predicted octanol–water partition coefficient (Wildman–Crippen LogP) is 2.91. The standard InChI is InChI=1S/C16H17ClN4O2/c1-9-7-12(20-16(18-3)19-9)15(22)21-8-10(2)23-14-11(17)5-4-6-13(14)21/h4-7,10H,8H2,1-3H3,(H,18,19,20)/t10-/m1/s1. The Kier molecular flexibility index (Phi) is 4.09. The van der Waals surface area contributed by atoms with Crippen molar-refractivity contribution in [1.82, 2.24) is 9.97 Å². The molecule has 1 aliphatic heterocycles. The SMILES string of the molecule is CNc1nc(C)cc(C(=O)N2C[C@@H](C)Oc3c(Cl)cccc32)n1. The molecule has 1 atom stereocenters. The summed E-state index contributed by atoms with van der Waals surface area (Å²) in [5.41, 5.74) is 1.71. The van der Waals surface area contributed by atoms with E-state index in [4.69, 9.17) is 16.3 Å². The number of carbonyl (C=O) groups is 1. The van der Waals surface area contributed by atoms with E-state index in [1.54, 1.807) is 30.1 Å². The lowest BCUT2D eigenvalue weighted by Crippen LogP contribution is -2.42. The molecule has 6 nitrogen and oxygen atoms in total. The quantitative estimate of drug-likeness (QED) is 0.915. The van der Waals surface area contributed by atoms with Crippen LogP contribution in [0.4, 0.5) is 11.6 Å². The van der Waals surface area contributed by atoms with E-state index in [2.05, 4.69) is 15.3 Å². The molecule has 23 heavy (non-hydrogen) atoms. The van der Waals surface area contributed by atoms with Gasteiger partial charge >= 0.3 is 0 Å². The number of amides is 1. The summed E-state index contributed by atoms with van der Waals surface area (Å²) in [6.45, 7) is 4.16. The van der Waals surface area contributed by atoms with Crippen molar-refractivity contribution in [2.45, 2.75) is 20.0 Å². The summed E-state index contributed by atoms with van der Waals surface area (Å²) in [4.78, 5) is 23.1. The lowest BCUT2D eigenvalue weighted by atomic mass is 10.1. The van der Waals surface area contributed by atoms with Crippen LogP contribution in [0.3, 0.4) is 0 Å². The number of carbonyl (C=O) groups excluding carboxylic acids is 1. The number of para-hydroxylation sites is 1. The van der Waals surface area contributed by atoms with Gasteiger partial charge in [-0.1, -0.05) is 17.7 Å². The van der Waals surface area contributed by atoms with E-state index in [0.29, 0.717) is 34.6 Å². The predicted molar refractivity (Wildman–Crippen MR) is 89.5 cm³/mol. The zero-order valence-electron chi connectivity index (χ0n) is 13.1. The molecule has 3 rings (SSSR count). The molecule has 0 aliphatic carbocycles. The molecule has 7 heteroatoms. The number of hydrogen-bond acceptors (Lipinski definition) is 5. The van der Waals surface area contributed by atoms with Crippen LogP contribution < -0.4 is 15.0 Å². The Labute approximate surface area is 139 Å². The fraction of sp³-hybridized carbons (Fsp3) is 0.312. The number of anilines is 2. The lowest BCUT2D eigenvalue weighted by Gasteiger charge is -2.33. The van der Waals surface area contributed by atoms with Gasteiger partial charge in [0.05, 0.1) is 17.3 Å². The van der Waals surface area contributed by atoms with Gasteiger partial charge in [0.15, 0.2) is 5.75 Å². The molecule has 1 aliphatic rings. The molecule has 1 aromatic heterocycles. The number of nitrogens with one attached hydrogen (secondary N) is 1. The molecular formula is C16H17ClN4O2. The molecule has 0 saturated carbocycles. The highest BCUT2D eigenvalue weighted by Gasteiger charge is 2.30. The third kappa shape index (κ3) is 2.94. The Morgan fingerprint density at radius 3 is 2.96 bits per heavy atom. The Bertz CT molecular complexity index is 766. The van der Waals surface area contributed by atoms with E-state index in [1.807, 2.05) is 19.9 Å². The first-order valence-corrected chi connectivity index (χ1v) is 7.68. The van der Waals surface area contributed by atoms with Crippen LogP contribution in [0.25, 0.3) is 0 Å². The summed E-state index contributed by atoms with van der Waals surface area (Å²) in [7, 11) is 1.72. The minimum absolute atomic E-state index is 0.155. The molecule has 0 bridgehead atoms. The van der Waals surface area contributed by atoms with E-state index < -0.39 is 0 Å². The maximum atomic E-state index is 12.9. The van der Waals surface area contributed by atoms with Gasteiger partial charge in [-0.25, -0.2) is 9.97 Å². The molecule has 2 heterocycles. The molecule has 1 amide bonds. The number of fused-ring (bicyclic) bond motifs is 1. The fourth-order valence-corrected chi connectivity index (χ4v) is 2.76. The van der Waals surface area contributed by atoms with Crippen LogP contribution in [0.15, 0.2) is 24.3 Å². The highest BCUT2D eigenvalue weighted by molar-refractivity contribution is 6.32. The van der Waals surface area contributed by atoms with Crippen molar-refractivity contribution >= 4 is 29.1 Å². The van der Waals surface area contributed by atoms with Crippen LogP contribution in [0.2, 0.25) is 5.02 Å². The molecule has 1 N–H and O–H groups in total. The van der Waals surface area contributed by atoms with Gasteiger partial charge in [0.25, 0.3) is 5.91 Å². The molecular weight excluding hydrogens is 316 g/mol. The summed E-state index contributed by atoms with van der Waals surface area (Å²) in [5, 5.41) is 3.35. The zero-order valence-corrected chi connectivity index (χ0v) is 13.9. The third-order valence-corrected chi connectivity index (χ3v) is 3.84. The van der Waals surface area contributed by atoms with Crippen LogP contribution in [0, 0.1) is 6.92 Å². The Morgan fingerprint density at radius 2 is 2.22 bits per heavy atom. The molecule has 0 fully saturated rings. The van der Waals surface area contributed by atoms with Crippen molar-refractivity contribution in [2.24, 2.45) is 0 Å². The van der Waals surface area contributed by atoms with E-state index in [-0.39, 0.29) is 12.0 Å². The number of benzene rings is 1. The molecule has 0 saturated heterocycles. The topological polar surface area (TPSA) is 67.4 Å². The minimum Gasteiger partial charge on any atom is -0.485 e. The summed E-state index contributed by atoms with van der Waals surface area (Å²) in [6, 6.07) is 7.03. The van der Waals surface area contributed by atoms with Crippen LogP contribution in [-0.4, -0.2) is 35.6 Å². The van der Waals surface area contributed by atoms with Gasteiger partial charge < -0.3 is 10.1 Å². The van der Waals surface area contributed by atoms with E-state index in [0.717, 1.165) is 5.69 Å². The monoisotopic (exact) mass is 332 g/mol. The Morgan fingerprint density at radius 1 is 1.43 bits per heavy atom. The number of aromatic nitrogens is 2. The molecule has 120 valence electrons. The van der Waals surface area contributed by atoms with E-state index >= 15 is 0 Å². The normalized spacial score (nSPS) is 16.5. The largest absolute Gasteiger partial charge is 0.485 e. The van der Waals surface area contributed by atoms with Gasteiger partial charge in [0.2, 0.25) is 5.95 Å². The molecule has 0 spiro atoms. The second kappa shape index (κ2) is 6.04. The summed E-state index contributed by atoms with van der Waals surface area (Å²) in [6.07, 6.45) is -0.155. The molecule has 0 unspecified atom stereocenters. The first kappa shape index (κ1) is 15.6. The average Bonchev–Trinajstić information content (AvgIpc) is 2.53. The fourth-order valence-electron chi connectivity index (χ4n) is 2.54. The number of aryl methyl sites for hydroxylation is 1. The molecule has 0 radical (unpaired) electrons. The van der Waals surface area contributed by atoms with Gasteiger partial charge in [-0.3, -0.25) is 9.69 Å². The number of rotatable bonds is 2. The third-order valence-electron chi connectivity index (χ3n) is 3.54. The summed E-state index contributed by atoms with van der Waals surface area (Å²) >= 11 is 6.20. The first-order valence-electron chi connectivity index (χ1n) is 7.30. The first-order chi connectivity index (χ1) is 11.0. The molecule has 1 aromatic carbocycles. The maximum Gasteiger partial charge on any atom is 0.277 e. The molecule has 2 aromatic rings. The number of nitrogens with zero attached hydrogens (tertiary/aromatic N) is 3. The number of hydrogen-bond donors (Lipinski definition) is 1. The highest BCUT2D eigenvalue weighted by atomic mass is 35.5. The maximum absolute atomic E-state index is 12.9. The van der Waals surface area contributed by atoms with Crippen LogP contribution in [0.5, 0.6) is 5.75 Å². The van der Waals surface area contributed by atoms with Crippen LogP contribution in [0.1, 0.15) is 23.1 Å². The zero-order chi connectivity index (χ0) is 16.6. The van der Waals surface area contributed by atoms with Crippen molar-refractivity contribution in [3.05, 3.63) is 40.7 Å². The van der Waals surface area contributed by atoms with Gasteiger partial charge in [-0.15, -0.1) is 0 Å². The summed E-state index contributed by atoms with van der Waals surface area (Å²) in [5.74, 6) is 0.743.